The molecule has 0 rings (SSSR count). The summed E-state index contributed by atoms with van der Waals surface area (Å²) >= 11 is 0. The van der Waals surface area contributed by atoms with Crippen LogP contribution in [0.1, 0.15) is 0 Å². The molecule has 0 amide bonds. The van der Waals surface area contributed by atoms with Crippen molar-refractivity contribution in [2.75, 3.05) is 6.61 Å². The highest BCUT2D eigenvalue weighted by atomic mass is 16.4. The van der Waals surface area contributed by atoms with Gasteiger partial charge < -0.3 is 5.11 Å². The maximum Gasteiger partial charge on any atom is 0.378 e. The molecule has 0 fully saturated rings. The second-order valence-corrected chi connectivity index (χ2v) is 0.904. The van der Waals surface area contributed by atoms with Crippen molar-refractivity contribution in [2.24, 2.45) is 0 Å². The monoisotopic (exact) mass is 101 g/mol. The maximum atomic E-state index is 9.45. The van der Waals surface area contributed by atoms with E-state index in [1.54, 1.807) is 0 Å². The van der Waals surface area contributed by atoms with Gasteiger partial charge in [-0.1, -0.05) is 6.08 Å². The average Bonchev–Trinajstić information content (AvgIpc) is 1.61. The van der Waals surface area contributed by atoms with E-state index in [2.05, 4.69) is 0 Å². The highest BCUT2D eigenvalue weighted by Crippen LogP contribution is 1.68. The molecule has 0 saturated carbocycles. The molecule has 0 bridgehead atoms. The number of rotatable bonds is 2. The molecule has 39 valence electrons. The Morgan fingerprint density at radius 3 is 2.43 bits per heavy atom. The van der Waals surface area contributed by atoms with Crippen molar-refractivity contribution in [2.45, 2.75) is 0 Å². The second kappa shape index (κ2) is 3.36. The normalized spacial score (nSPS) is 9.86. The summed E-state index contributed by atoms with van der Waals surface area (Å²) in [4.78, 5) is 9.45. The maximum absolute atomic E-state index is 9.45. The fraction of sp³-hybridized carbons (Fsp3) is 0.250. The van der Waals surface area contributed by atoms with Gasteiger partial charge in [0.05, 0.1) is 6.61 Å². The van der Waals surface area contributed by atoms with Crippen LogP contribution in [0.3, 0.4) is 0 Å². The molecule has 0 spiro atoms. The Bertz CT molecular complexity index is 84.9. The van der Waals surface area contributed by atoms with Crippen molar-refractivity contribution < 1.29 is 15.0 Å². The summed E-state index contributed by atoms with van der Waals surface area (Å²) in [6.07, 6.45) is 1.87. The van der Waals surface area contributed by atoms with Crippen LogP contribution >= 0.6 is 0 Å². The van der Waals surface area contributed by atoms with E-state index >= 15 is 0 Å². The third-order valence-corrected chi connectivity index (χ3v) is 0.359. The van der Waals surface area contributed by atoms with Crippen LogP contribution in [-0.4, -0.2) is 17.7 Å². The first-order valence-electron chi connectivity index (χ1n) is 1.75. The molecule has 0 saturated heterocycles. The summed E-state index contributed by atoms with van der Waals surface area (Å²) in [5.41, 5.74) is 0. The predicted molar refractivity (Wildman–Crippen MR) is 21.9 cm³/mol. The van der Waals surface area contributed by atoms with Crippen molar-refractivity contribution in [1.29, 1.82) is 0 Å². The number of carbonyl (C=O) groups is 1. The van der Waals surface area contributed by atoms with Crippen molar-refractivity contribution >= 4 is 5.97 Å². The number of carbonyl (C=O) groups excluding carboxylic acids is 1. The largest absolute Gasteiger partial charge is 0.392 e. The molecule has 0 unspecified atom stereocenters. The number of hydrogen-bond acceptors (Lipinski definition) is 2. The molecular weight excluding hydrogens is 96.0 g/mol. The van der Waals surface area contributed by atoms with E-state index < -0.39 is 5.97 Å². The molecule has 0 aromatic heterocycles. The van der Waals surface area contributed by atoms with E-state index in [1.807, 2.05) is 0 Å². The van der Waals surface area contributed by atoms with E-state index in [9.17, 15) is 9.90 Å². The Morgan fingerprint density at radius 1 is 1.71 bits per heavy atom. The lowest BCUT2D eigenvalue weighted by molar-refractivity contribution is -0.137. The first-order chi connectivity index (χ1) is 3.27. The summed E-state index contributed by atoms with van der Waals surface area (Å²) < 4.78 is 0. The van der Waals surface area contributed by atoms with E-state index in [4.69, 9.17) is 5.11 Å². The number of hydrogen-bond donors (Lipinski definition) is 1. The van der Waals surface area contributed by atoms with Gasteiger partial charge in [0, 0.05) is 6.08 Å². The molecular formula is C4H5O3. The van der Waals surface area contributed by atoms with E-state index in [-0.39, 0.29) is 6.61 Å². The molecule has 3 heteroatoms. The molecule has 1 N–H and O–H groups in total. The zero-order chi connectivity index (χ0) is 5.70. The van der Waals surface area contributed by atoms with Gasteiger partial charge in [-0.05, 0) is 0 Å². The summed E-state index contributed by atoms with van der Waals surface area (Å²) in [6.45, 7) is -0.256. The van der Waals surface area contributed by atoms with Gasteiger partial charge in [0.2, 0.25) is 0 Å². The number of aliphatic hydroxyl groups excluding tert-OH is 1. The van der Waals surface area contributed by atoms with Gasteiger partial charge in [0.1, 0.15) is 0 Å². The zero-order valence-corrected chi connectivity index (χ0v) is 3.63. The molecule has 3 nitrogen and oxygen atoms in total. The predicted octanol–water partition coefficient (Wildman–Crippen LogP) is -0.508. The van der Waals surface area contributed by atoms with Crippen LogP contribution in [0.2, 0.25) is 0 Å². The standard InChI is InChI=1S/C4H5O3/c5-3-1-2-4(6)7/h1-2,5H,3H2. The number of aliphatic hydroxyl groups is 1. The topological polar surface area (TPSA) is 57.2 Å². The highest BCUT2D eigenvalue weighted by molar-refractivity contribution is 5.79. The smallest absolute Gasteiger partial charge is 0.378 e. The van der Waals surface area contributed by atoms with Crippen LogP contribution in [0.25, 0.3) is 0 Å². The Hall–Kier alpha value is -0.830. The van der Waals surface area contributed by atoms with Crippen LogP contribution in [0.4, 0.5) is 0 Å². The SMILES string of the molecule is [O]C(=O)C=CCO. The van der Waals surface area contributed by atoms with Crippen LogP contribution in [-0.2, 0) is 9.90 Å². The van der Waals surface area contributed by atoms with Gasteiger partial charge in [-0.25, -0.2) is 9.90 Å². The summed E-state index contributed by atoms with van der Waals surface area (Å²) in [5, 5.41) is 17.4. The van der Waals surface area contributed by atoms with Crippen molar-refractivity contribution in [3.05, 3.63) is 12.2 Å². The average molecular weight is 101 g/mol. The van der Waals surface area contributed by atoms with E-state index in [0.717, 1.165) is 12.2 Å². The third-order valence-electron chi connectivity index (χ3n) is 0.359. The van der Waals surface area contributed by atoms with Crippen LogP contribution in [0, 0.1) is 0 Å². The lowest BCUT2D eigenvalue weighted by Crippen LogP contribution is -1.83. The van der Waals surface area contributed by atoms with Crippen LogP contribution in [0.15, 0.2) is 12.2 Å². The van der Waals surface area contributed by atoms with Gasteiger partial charge in [-0.3, -0.25) is 0 Å². The van der Waals surface area contributed by atoms with Gasteiger partial charge in [-0.15, -0.1) is 0 Å². The fourth-order valence-electron chi connectivity index (χ4n) is 0.149. The summed E-state index contributed by atoms with van der Waals surface area (Å²) in [6, 6.07) is 0. The minimum Gasteiger partial charge on any atom is -0.392 e. The summed E-state index contributed by atoms with van der Waals surface area (Å²) in [7, 11) is 0. The zero-order valence-electron chi connectivity index (χ0n) is 3.63. The first kappa shape index (κ1) is 6.17. The second-order valence-electron chi connectivity index (χ2n) is 0.904. The lowest BCUT2D eigenvalue weighted by Gasteiger charge is -1.70. The minimum atomic E-state index is -1.28. The molecule has 0 aromatic carbocycles. The van der Waals surface area contributed by atoms with Crippen LogP contribution in [0.5, 0.6) is 0 Å². The first-order valence-corrected chi connectivity index (χ1v) is 1.75. The summed E-state index contributed by atoms with van der Waals surface area (Å²) in [5.74, 6) is -1.28. The molecule has 7 heavy (non-hydrogen) atoms. The third kappa shape index (κ3) is 5.17. The fourth-order valence-corrected chi connectivity index (χ4v) is 0.149. The van der Waals surface area contributed by atoms with Gasteiger partial charge in [0.15, 0.2) is 0 Å². The molecule has 0 aliphatic heterocycles. The molecule has 0 heterocycles. The quantitative estimate of drug-likeness (QED) is 0.476. The lowest BCUT2D eigenvalue weighted by atomic mass is 10.5. The Kier molecular flexibility index (Phi) is 2.96. The molecule has 0 aliphatic rings. The van der Waals surface area contributed by atoms with Crippen molar-refractivity contribution in [1.82, 2.24) is 0 Å². The highest BCUT2D eigenvalue weighted by Gasteiger charge is 1.84. The van der Waals surface area contributed by atoms with Crippen LogP contribution < -0.4 is 0 Å². The molecule has 0 aromatic rings. The molecule has 0 atom stereocenters. The van der Waals surface area contributed by atoms with E-state index in [1.165, 1.54) is 0 Å². The Labute approximate surface area is 40.9 Å². The van der Waals surface area contributed by atoms with E-state index in [0.29, 0.717) is 0 Å². The van der Waals surface area contributed by atoms with Crippen molar-refractivity contribution in [3.8, 4) is 0 Å². The van der Waals surface area contributed by atoms with Gasteiger partial charge in [0.25, 0.3) is 0 Å². The van der Waals surface area contributed by atoms with Crippen molar-refractivity contribution in [3.63, 3.8) is 0 Å². The minimum absolute atomic E-state index is 0.256. The molecule has 1 radical (unpaired) electrons. The van der Waals surface area contributed by atoms with Gasteiger partial charge in [-0.2, -0.15) is 0 Å². The Morgan fingerprint density at radius 2 is 2.29 bits per heavy atom. The van der Waals surface area contributed by atoms with Gasteiger partial charge >= 0.3 is 5.97 Å². The Balaban J connectivity index is 3.26. The molecule has 0 aliphatic carbocycles.